The van der Waals surface area contributed by atoms with Gasteiger partial charge in [0.25, 0.3) is 5.91 Å². The Morgan fingerprint density at radius 3 is 2.41 bits per heavy atom. The van der Waals surface area contributed by atoms with Gasteiger partial charge in [0.05, 0.1) is 6.04 Å². The molecule has 3 N–H and O–H groups in total. The monoisotopic (exact) mass is 461 g/mol. The number of para-hydroxylation sites is 1. The quantitative estimate of drug-likeness (QED) is 0.441. The van der Waals surface area contributed by atoms with Crippen LogP contribution < -0.4 is 20.3 Å². The molecule has 3 rings (SSSR count). The van der Waals surface area contributed by atoms with E-state index in [1.807, 2.05) is 22.9 Å². The number of hydrogen-bond donors (Lipinski definition) is 3. The first kappa shape index (κ1) is 23.0. The number of ether oxygens (including phenoxy) is 1. The summed E-state index contributed by atoms with van der Waals surface area (Å²) in [5, 5.41) is 0. The van der Waals surface area contributed by atoms with Gasteiger partial charge in [-0.25, -0.2) is 12.8 Å². The van der Waals surface area contributed by atoms with Crippen LogP contribution in [0.4, 0.5) is 4.39 Å². The molecule has 0 saturated carbocycles. The van der Waals surface area contributed by atoms with Crippen LogP contribution in [0.5, 0.6) is 5.75 Å². The second kappa shape index (κ2) is 10.1. The van der Waals surface area contributed by atoms with Crippen LogP contribution in [0.1, 0.15) is 23.2 Å². The molecule has 0 aliphatic carbocycles. The lowest BCUT2D eigenvalue weighted by Gasteiger charge is -2.15. The van der Waals surface area contributed by atoms with Crippen molar-refractivity contribution in [3.8, 4) is 5.75 Å². The minimum Gasteiger partial charge on any atom is -0.486 e. The fourth-order valence-electron chi connectivity index (χ4n) is 2.55. The highest BCUT2D eigenvalue weighted by molar-refractivity contribution is 7.89. The largest absolute Gasteiger partial charge is 0.486 e. The number of hydrogen-bond acceptors (Lipinski definition) is 6. The molecule has 32 heavy (non-hydrogen) atoms. The van der Waals surface area contributed by atoms with E-state index < -0.39 is 38.6 Å². The summed E-state index contributed by atoms with van der Waals surface area (Å²) in [6.45, 7) is 1.34. The number of hydrazine groups is 1. The number of nitrogens with one attached hydrogen (secondary N) is 3. The third kappa shape index (κ3) is 5.93. The maximum absolute atomic E-state index is 13.7. The Morgan fingerprint density at radius 2 is 1.69 bits per heavy atom. The Labute approximate surface area is 183 Å². The Balaban J connectivity index is 1.50. The van der Waals surface area contributed by atoms with Crippen LogP contribution in [-0.2, 0) is 21.4 Å². The topological polar surface area (TPSA) is 127 Å². The van der Waals surface area contributed by atoms with Gasteiger partial charge in [0.1, 0.15) is 28.8 Å². The second-order valence-electron chi connectivity index (χ2n) is 6.58. The highest BCUT2D eigenvalue weighted by atomic mass is 32.2. The summed E-state index contributed by atoms with van der Waals surface area (Å²) in [4.78, 5) is 23.7. The van der Waals surface area contributed by atoms with Gasteiger partial charge in [0.2, 0.25) is 10.0 Å². The standard InChI is InChI=1S/C21H20FN3O6S/c1-14(25-32(28,29)19-10-6-5-9-17(19)22)20(26)23-24-21(27)18-12-11-16(31-18)13-30-15-7-3-2-4-8-15/h2-12,14,25H,13H2,1H3,(H,23,26)(H,24,27)/t14-/m0/s1. The zero-order valence-electron chi connectivity index (χ0n) is 16.9. The molecule has 0 bridgehead atoms. The molecule has 11 heteroatoms. The fraction of sp³-hybridized carbons (Fsp3) is 0.143. The van der Waals surface area contributed by atoms with E-state index in [4.69, 9.17) is 9.15 Å². The van der Waals surface area contributed by atoms with Crippen LogP contribution >= 0.6 is 0 Å². The summed E-state index contributed by atoms with van der Waals surface area (Å²) in [6, 6.07) is 15.4. The van der Waals surface area contributed by atoms with Gasteiger partial charge in [0, 0.05) is 0 Å². The van der Waals surface area contributed by atoms with Gasteiger partial charge in [-0.1, -0.05) is 30.3 Å². The van der Waals surface area contributed by atoms with Gasteiger partial charge >= 0.3 is 5.91 Å². The first-order chi connectivity index (χ1) is 15.3. The number of benzene rings is 2. The zero-order chi connectivity index (χ0) is 23.1. The van der Waals surface area contributed by atoms with E-state index in [1.54, 1.807) is 18.2 Å². The van der Waals surface area contributed by atoms with Crippen molar-refractivity contribution in [2.24, 2.45) is 0 Å². The highest BCUT2D eigenvalue weighted by Gasteiger charge is 2.25. The summed E-state index contributed by atoms with van der Waals surface area (Å²) in [7, 11) is -4.28. The molecule has 0 unspecified atom stereocenters. The molecule has 1 heterocycles. The van der Waals surface area contributed by atoms with E-state index in [1.165, 1.54) is 25.1 Å². The van der Waals surface area contributed by atoms with Crippen molar-refractivity contribution in [2.45, 2.75) is 24.5 Å². The average molecular weight is 461 g/mol. The van der Waals surface area contributed by atoms with Crippen LogP contribution in [0, 0.1) is 5.82 Å². The van der Waals surface area contributed by atoms with Crippen LogP contribution in [0.15, 0.2) is 76.0 Å². The van der Waals surface area contributed by atoms with Crippen molar-refractivity contribution in [3.63, 3.8) is 0 Å². The summed E-state index contributed by atoms with van der Waals surface area (Å²) in [6.07, 6.45) is 0. The third-order valence-corrected chi connectivity index (χ3v) is 5.73. The average Bonchev–Trinajstić information content (AvgIpc) is 3.25. The molecule has 0 spiro atoms. The summed E-state index contributed by atoms with van der Waals surface area (Å²) in [5.41, 5.74) is 4.21. The normalized spacial score (nSPS) is 12.1. The van der Waals surface area contributed by atoms with Crippen molar-refractivity contribution in [3.05, 3.63) is 84.1 Å². The van der Waals surface area contributed by atoms with E-state index in [-0.39, 0.29) is 12.4 Å². The lowest BCUT2D eigenvalue weighted by atomic mass is 10.3. The van der Waals surface area contributed by atoms with Gasteiger partial charge < -0.3 is 9.15 Å². The lowest BCUT2D eigenvalue weighted by Crippen LogP contribution is -2.51. The first-order valence-corrected chi connectivity index (χ1v) is 10.9. The molecule has 1 atom stereocenters. The second-order valence-corrected chi connectivity index (χ2v) is 8.27. The predicted molar refractivity (Wildman–Crippen MR) is 111 cm³/mol. The van der Waals surface area contributed by atoms with Gasteiger partial charge in [-0.2, -0.15) is 4.72 Å². The van der Waals surface area contributed by atoms with Crippen molar-refractivity contribution in [1.29, 1.82) is 0 Å². The predicted octanol–water partition coefficient (Wildman–Crippen LogP) is 2.13. The van der Waals surface area contributed by atoms with E-state index in [0.29, 0.717) is 11.5 Å². The molecule has 0 saturated heterocycles. The molecule has 0 aliphatic rings. The van der Waals surface area contributed by atoms with Crippen molar-refractivity contribution in [2.75, 3.05) is 0 Å². The number of sulfonamides is 1. The first-order valence-electron chi connectivity index (χ1n) is 9.40. The molecule has 9 nitrogen and oxygen atoms in total. The molecular weight excluding hydrogens is 441 g/mol. The number of carbonyl (C=O) groups is 2. The number of amides is 2. The smallest absolute Gasteiger partial charge is 0.305 e. The number of carbonyl (C=O) groups excluding carboxylic acids is 2. The van der Waals surface area contributed by atoms with Gasteiger partial charge in [-0.05, 0) is 43.3 Å². The van der Waals surface area contributed by atoms with Gasteiger partial charge in [-0.15, -0.1) is 0 Å². The molecular formula is C21H20FN3O6S. The van der Waals surface area contributed by atoms with Crippen LogP contribution in [0.3, 0.4) is 0 Å². The molecule has 2 amide bonds. The molecule has 3 aromatic rings. The van der Waals surface area contributed by atoms with Crippen LogP contribution in [-0.4, -0.2) is 26.3 Å². The third-order valence-electron chi connectivity index (χ3n) is 4.16. The van der Waals surface area contributed by atoms with Crippen LogP contribution in [0.25, 0.3) is 0 Å². The maximum atomic E-state index is 13.7. The Bertz CT molecular complexity index is 1200. The Hall–Kier alpha value is -3.70. The van der Waals surface area contributed by atoms with Crippen molar-refractivity contribution < 1.29 is 31.6 Å². The fourth-order valence-corrected chi connectivity index (χ4v) is 3.83. The number of furan rings is 1. The highest BCUT2D eigenvalue weighted by Crippen LogP contribution is 2.15. The molecule has 0 fully saturated rings. The number of rotatable bonds is 8. The van der Waals surface area contributed by atoms with E-state index in [9.17, 15) is 22.4 Å². The molecule has 0 aliphatic heterocycles. The summed E-state index contributed by atoms with van der Waals surface area (Å²) < 4.78 is 51.2. The maximum Gasteiger partial charge on any atom is 0.305 e. The van der Waals surface area contributed by atoms with Crippen molar-refractivity contribution >= 4 is 21.8 Å². The summed E-state index contributed by atoms with van der Waals surface area (Å²) in [5.74, 6) is -1.64. The Morgan fingerprint density at radius 1 is 1.00 bits per heavy atom. The van der Waals surface area contributed by atoms with E-state index >= 15 is 0 Å². The van der Waals surface area contributed by atoms with Gasteiger partial charge in [0.15, 0.2) is 5.76 Å². The Kier molecular flexibility index (Phi) is 7.23. The van der Waals surface area contributed by atoms with Crippen LogP contribution in [0.2, 0.25) is 0 Å². The van der Waals surface area contributed by atoms with Gasteiger partial charge in [-0.3, -0.25) is 20.4 Å². The van der Waals surface area contributed by atoms with E-state index in [0.717, 1.165) is 12.1 Å². The molecule has 168 valence electrons. The van der Waals surface area contributed by atoms with E-state index in [2.05, 4.69) is 10.9 Å². The number of halogens is 1. The zero-order valence-corrected chi connectivity index (χ0v) is 17.7. The minimum atomic E-state index is -4.28. The molecule has 2 aromatic carbocycles. The van der Waals surface area contributed by atoms with Crippen molar-refractivity contribution in [1.82, 2.24) is 15.6 Å². The lowest BCUT2D eigenvalue weighted by molar-refractivity contribution is -0.123. The summed E-state index contributed by atoms with van der Waals surface area (Å²) >= 11 is 0. The molecule has 0 radical (unpaired) electrons. The SMILES string of the molecule is C[C@H](NS(=O)(=O)c1ccccc1F)C(=O)NNC(=O)c1ccc(COc2ccccc2)o1. The molecule has 1 aromatic heterocycles. The minimum absolute atomic E-state index is 0.0865.